The zero-order valence-corrected chi connectivity index (χ0v) is 44.1. The number of Topliss-reactive ketones (excluding diaryl/α,β-unsaturated/α-hetero) is 1. The minimum Gasteiger partial charge on any atom is -0.458 e. The first kappa shape index (κ1) is 58.2. The fourth-order valence-electron chi connectivity index (χ4n) is 10.8. The van der Waals surface area contributed by atoms with Crippen LogP contribution in [0.25, 0.3) is 22.3 Å². The third kappa shape index (κ3) is 12.4. The number of pyridine rings is 2. The van der Waals surface area contributed by atoms with Gasteiger partial charge < -0.3 is 45.7 Å². The van der Waals surface area contributed by atoms with Gasteiger partial charge in [-0.1, -0.05) is 50.6 Å². The summed E-state index contributed by atoms with van der Waals surface area (Å²) < 4.78 is 71.0. The van der Waals surface area contributed by atoms with Crippen LogP contribution in [0.5, 0.6) is 0 Å². The number of nitrogens with one attached hydrogen (secondary N) is 5. The lowest BCUT2D eigenvalue weighted by atomic mass is 9.76. The van der Waals surface area contributed by atoms with Crippen molar-refractivity contribution in [1.82, 2.24) is 41.0 Å². The Morgan fingerprint density at radius 1 is 0.900 bits per heavy atom. The lowest BCUT2D eigenvalue weighted by molar-refractivity contribution is -0.219. The highest BCUT2D eigenvalue weighted by Gasteiger charge is 2.48. The molecular formula is C55H60F4N8O13. The number of hydrogen-bond donors (Lipinski definition) is 6. The molecule has 80 heavy (non-hydrogen) atoms. The number of carbonyl (C=O) groups is 9. The fraction of sp³-hybridized carbons (Fsp3) is 0.473. The van der Waals surface area contributed by atoms with Gasteiger partial charge in [0.1, 0.15) is 25.2 Å². The van der Waals surface area contributed by atoms with E-state index in [1.54, 1.807) is 44.2 Å². The van der Waals surface area contributed by atoms with E-state index in [1.807, 2.05) is 0 Å². The smallest absolute Gasteiger partial charge is 0.421 e. The van der Waals surface area contributed by atoms with Crippen LogP contribution in [0.2, 0.25) is 0 Å². The van der Waals surface area contributed by atoms with Gasteiger partial charge in [-0.15, -0.1) is 0 Å². The molecule has 2 aromatic carbocycles. The second kappa shape index (κ2) is 24.2. The van der Waals surface area contributed by atoms with Crippen molar-refractivity contribution >= 4 is 64.0 Å². The van der Waals surface area contributed by atoms with Crippen LogP contribution in [-0.2, 0) is 84.2 Å². The SMILES string of the molecule is CC[C@@]1(O)C(=O)OCc2c1cc1n(c2=O)Cc2c-1nc1cc(F)c(C)c3c1c2[C@@H](CC(=O)C(OCNC(=O)CNC(=O)[C@H](Cc1ccccc1)NC(=O)CNC(=O)CNC(=O)CCCCCN1C(=O)CC(C)C1=O)C(F)(F)F)CC3. The molecule has 5 heterocycles. The zero-order chi connectivity index (χ0) is 57.8. The Morgan fingerprint density at radius 2 is 1.60 bits per heavy atom. The molecule has 0 bridgehead atoms. The minimum absolute atomic E-state index is 0.0153. The van der Waals surface area contributed by atoms with Gasteiger partial charge in [-0.05, 0) is 73.3 Å². The highest BCUT2D eigenvalue weighted by molar-refractivity contribution is 6.03. The van der Waals surface area contributed by atoms with E-state index in [2.05, 4.69) is 26.6 Å². The number of aryl methyl sites for hydroxylation is 1. The summed E-state index contributed by atoms with van der Waals surface area (Å²) in [6.45, 7) is 1.48. The summed E-state index contributed by atoms with van der Waals surface area (Å²) in [4.78, 5) is 135. The van der Waals surface area contributed by atoms with E-state index < -0.39 is 122 Å². The molecular weight excluding hydrogens is 1060 g/mol. The first-order valence-electron chi connectivity index (χ1n) is 26.3. The van der Waals surface area contributed by atoms with Crippen molar-refractivity contribution in [3.63, 3.8) is 0 Å². The quantitative estimate of drug-likeness (QED) is 0.0180. The molecule has 2 aromatic heterocycles. The number of carbonyl (C=O) groups excluding carboxylic acids is 9. The van der Waals surface area contributed by atoms with E-state index in [4.69, 9.17) is 14.5 Å². The fourth-order valence-corrected chi connectivity index (χ4v) is 10.8. The van der Waals surface area contributed by atoms with Gasteiger partial charge in [0, 0.05) is 60.7 Å². The number of halogens is 4. The lowest BCUT2D eigenvalue weighted by Crippen LogP contribution is -2.52. The van der Waals surface area contributed by atoms with Gasteiger partial charge in [0.15, 0.2) is 11.4 Å². The van der Waals surface area contributed by atoms with Crippen molar-refractivity contribution in [1.29, 1.82) is 0 Å². The highest BCUT2D eigenvalue weighted by Crippen LogP contribution is 2.48. The standard InChI is InChI=1S/C55H60F4N8O13/c1-4-54(78)35-20-39-48-33(25-67(39)52(76)34(35)26-79-53(54)77)46-31(14-15-32-29(3)36(56)21-37(65-48)47(32)46)19-40(68)49(55(57,58)59)80-27-63-43(71)23-62-50(74)38(18-30-11-7-5-8-12-30)64-44(72)24-61-42(70)22-60-41(69)13-9-6-10-16-66-45(73)17-28(2)51(66)75/h5,7-8,11-12,20-21,28,31,38,49,78H,4,6,9-10,13-19,22-27H2,1-3H3,(H,60,69)(H,61,70)(H,62,74)(H,63,71)(H,64,72)/t28?,31-,38+,49?,54+/m1/s1. The molecule has 0 saturated carbocycles. The van der Waals surface area contributed by atoms with Gasteiger partial charge in [0.05, 0.1) is 48.6 Å². The van der Waals surface area contributed by atoms with Crippen molar-refractivity contribution in [2.24, 2.45) is 5.92 Å². The molecule has 25 heteroatoms. The number of fused-ring (bicyclic) bond motifs is 5. The number of nitrogens with zero attached hydrogens (tertiary/aromatic N) is 3. The Morgan fingerprint density at radius 3 is 2.30 bits per heavy atom. The first-order valence-corrected chi connectivity index (χ1v) is 26.3. The monoisotopic (exact) mass is 1120 g/mol. The molecule has 3 aliphatic heterocycles. The number of amides is 7. The lowest BCUT2D eigenvalue weighted by Gasteiger charge is -2.31. The number of hydrogen-bond acceptors (Lipinski definition) is 14. The molecule has 21 nitrogen and oxygen atoms in total. The van der Waals surface area contributed by atoms with Crippen molar-refractivity contribution in [3.05, 3.63) is 97.6 Å². The van der Waals surface area contributed by atoms with Crippen molar-refractivity contribution < 1.29 is 75.3 Å². The minimum atomic E-state index is -5.27. The Balaban J connectivity index is 0.850. The number of unbranched alkanes of at least 4 members (excludes halogenated alkanes) is 2. The Hall–Kier alpha value is -7.93. The Kier molecular flexibility index (Phi) is 17.6. The normalized spacial score (nSPS) is 18.9. The van der Waals surface area contributed by atoms with Crippen LogP contribution < -0.4 is 32.1 Å². The van der Waals surface area contributed by atoms with Crippen LogP contribution in [0, 0.1) is 18.7 Å². The van der Waals surface area contributed by atoms with E-state index in [-0.39, 0.29) is 103 Å². The van der Waals surface area contributed by atoms with Crippen molar-refractivity contribution in [2.45, 2.75) is 128 Å². The average Bonchev–Trinajstić information content (AvgIpc) is 4.13. The number of ketones is 1. The number of likely N-dealkylation sites (tertiary alicyclic amines) is 1. The third-order valence-corrected chi connectivity index (χ3v) is 15.1. The molecule has 4 aliphatic rings. The molecule has 1 aliphatic carbocycles. The summed E-state index contributed by atoms with van der Waals surface area (Å²) >= 11 is 0. The maximum atomic E-state index is 15.4. The number of aliphatic hydroxyl groups is 1. The van der Waals surface area contributed by atoms with Gasteiger partial charge in [-0.2, -0.15) is 13.2 Å². The summed E-state index contributed by atoms with van der Waals surface area (Å²) in [7, 11) is 0. The Bertz CT molecular complexity index is 3240. The highest BCUT2D eigenvalue weighted by atomic mass is 19.4. The predicted molar refractivity (Wildman–Crippen MR) is 274 cm³/mol. The van der Waals surface area contributed by atoms with E-state index in [9.17, 15) is 66.2 Å². The van der Waals surface area contributed by atoms with Gasteiger partial charge in [-0.3, -0.25) is 48.1 Å². The van der Waals surface area contributed by atoms with Gasteiger partial charge in [0.2, 0.25) is 47.5 Å². The van der Waals surface area contributed by atoms with Gasteiger partial charge >= 0.3 is 12.1 Å². The predicted octanol–water partition coefficient (Wildman–Crippen LogP) is 2.57. The van der Waals surface area contributed by atoms with Crippen LogP contribution in [0.1, 0.15) is 110 Å². The molecule has 1 saturated heterocycles. The molecule has 0 radical (unpaired) electrons. The maximum absolute atomic E-state index is 15.4. The number of rotatable bonds is 23. The number of imide groups is 1. The number of benzene rings is 2. The van der Waals surface area contributed by atoms with E-state index in [0.29, 0.717) is 46.9 Å². The Labute approximate surface area is 454 Å². The van der Waals surface area contributed by atoms with Crippen molar-refractivity contribution in [3.8, 4) is 11.4 Å². The topological polar surface area (TPSA) is 291 Å². The van der Waals surface area contributed by atoms with Crippen LogP contribution in [0.4, 0.5) is 17.6 Å². The molecule has 6 N–H and O–H groups in total. The maximum Gasteiger partial charge on any atom is 0.421 e. The van der Waals surface area contributed by atoms with Gasteiger partial charge in [-0.25, -0.2) is 14.2 Å². The average molecular weight is 1120 g/mol. The summed E-state index contributed by atoms with van der Waals surface area (Å²) in [5.41, 5.74) is -0.0567. The van der Waals surface area contributed by atoms with Gasteiger partial charge in [0.25, 0.3) is 5.56 Å². The van der Waals surface area contributed by atoms with E-state index in [0.717, 1.165) is 0 Å². The second-order valence-corrected chi connectivity index (χ2v) is 20.4. The molecule has 7 amide bonds. The second-order valence-electron chi connectivity index (χ2n) is 20.4. The number of ether oxygens (including phenoxy) is 2. The third-order valence-electron chi connectivity index (χ3n) is 15.1. The van der Waals surface area contributed by atoms with Crippen molar-refractivity contribution in [2.75, 3.05) is 32.9 Å². The summed E-state index contributed by atoms with van der Waals surface area (Å²) in [5.74, 6) is -8.52. The molecule has 8 rings (SSSR count). The summed E-state index contributed by atoms with van der Waals surface area (Å²) in [6, 6.07) is 9.69. The van der Waals surface area contributed by atoms with Crippen LogP contribution in [-0.4, -0.2) is 124 Å². The molecule has 0 spiro atoms. The zero-order valence-electron chi connectivity index (χ0n) is 44.1. The molecule has 5 atom stereocenters. The molecule has 1 fully saturated rings. The van der Waals surface area contributed by atoms with Crippen LogP contribution in [0.15, 0.2) is 47.3 Å². The van der Waals surface area contributed by atoms with E-state index in [1.165, 1.54) is 28.5 Å². The van der Waals surface area contributed by atoms with E-state index >= 15 is 4.39 Å². The largest absolute Gasteiger partial charge is 0.458 e. The molecule has 2 unspecified atom stereocenters. The molecule has 4 aromatic rings. The summed E-state index contributed by atoms with van der Waals surface area (Å²) in [5, 5.41) is 23.5. The number of alkyl halides is 3. The number of aromatic nitrogens is 2. The summed E-state index contributed by atoms with van der Waals surface area (Å²) in [6.07, 6.45) is -7.24. The number of esters is 1. The number of cyclic esters (lactones) is 1. The van der Waals surface area contributed by atoms with Crippen LogP contribution in [0.3, 0.4) is 0 Å². The molecule has 426 valence electrons. The first-order chi connectivity index (χ1) is 38.0. The van der Waals surface area contributed by atoms with Crippen LogP contribution >= 0.6 is 0 Å².